The van der Waals surface area contributed by atoms with Gasteiger partial charge in [0.1, 0.15) is 0 Å². The van der Waals surface area contributed by atoms with Crippen LogP contribution in [0.4, 0.5) is 0 Å². The van der Waals surface area contributed by atoms with Gasteiger partial charge in [0.15, 0.2) is 11.5 Å². The molecular formula is C27H29N5O3. The topological polar surface area (TPSA) is 76.1 Å². The van der Waals surface area contributed by atoms with Gasteiger partial charge in [-0.05, 0) is 63.1 Å². The minimum absolute atomic E-state index is 0.126. The number of hydrogen-bond acceptors (Lipinski definition) is 5. The second kappa shape index (κ2) is 8.61. The molecule has 3 aromatic heterocycles. The van der Waals surface area contributed by atoms with Crippen LogP contribution in [0.15, 0.2) is 47.4 Å². The van der Waals surface area contributed by atoms with Crippen LogP contribution in [0, 0.1) is 13.8 Å². The van der Waals surface area contributed by atoms with E-state index < -0.39 is 0 Å². The molecule has 0 N–H and O–H groups in total. The Balaban J connectivity index is 1.79. The van der Waals surface area contributed by atoms with Crippen LogP contribution < -0.4 is 15.2 Å². The van der Waals surface area contributed by atoms with E-state index >= 15 is 0 Å². The Morgan fingerprint density at radius 2 is 1.60 bits per heavy atom. The zero-order chi connectivity index (χ0) is 24.9. The van der Waals surface area contributed by atoms with Gasteiger partial charge >= 0.3 is 5.69 Å². The Morgan fingerprint density at radius 3 is 2.29 bits per heavy atom. The maximum absolute atomic E-state index is 13.4. The first-order valence-corrected chi connectivity index (χ1v) is 11.8. The first-order chi connectivity index (χ1) is 16.8. The maximum atomic E-state index is 13.4. The molecule has 5 aromatic rings. The molecule has 0 bridgehead atoms. The Morgan fingerprint density at radius 1 is 0.914 bits per heavy atom. The van der Waals surface area contributed by atoms with Gasteiger partial charge in [0, 0.05) is 19.5 Å². The van der Waals surface area contributed by atoms with Crippen LogP contribution in [0.25, 0.3) is 38.8 Å². The minimum atomic E-state index is -0.126. The summed E-state index contributed by atoms with van der Waals surface area (Å²) in [5, 5.41) is 5.44. The maximum Gasteiger partial charge on any atom is 0.333 e. The molecule has 0 unspecified atom stereocenters. The molecule has 0 fully saturated rings. The molecule has 0 atom stereocenters. The lowest BCUT2D eigenvalue weighted by atomic mass is 10.0. The van der Waals surface area contributed by atoms with Crippen molar-refractivity contribution in [2.75, 3.05) is 13.2 Å². The van der Waals surface area contributed by atoms with Crippen molar-refractivity contribution in [1.29, 1.82) is 0 Å². The monoisotopic (exact) mass is 471 g/mol. The highest BCUT2D eigenvalue weighted by molar-refractivity contribution is 6.04. The molecule has 35 heavy (non-hydrogen) atoms. The second-order valence-electron chi connectivity index (χ2n) is 8.57. The molecule has 2 aromatic carbocycles. The molecule has 0 saturated heterocycles. The fraction of sp³-hybridized carbons (Fsp3) is 0.296. The van der Waals surface area contributed by atoms with E-state index in [0.29, 0.717) is 19.0 Å². The van der Waals surface area contributed by atoms with Gasteiger partial charge in [-0.2, -0.15) is 5.10 Å². The largest absolute Gasteiger partial charge is 0.490 e. The molecule has 3 heterocycles. The van der Waals surface area contributed by atoms with Crippen LogP contribution in [0.5, 0.6) is 11.5 Å². The van der Waals surface area contributed by atoms with Crippen molar-refractivity contribution in [3.05, 3.63) is 64.5 Å². The average molecular weight is 472 g/mol. The molecule has 8 nitrogen and oxygen atoms in total. The van der Waals surface area contributed by atoms with Crippen molar-refractivity contribution in [1.82, 2.24) is 23.9 Å². The normalized spacial score (nSPS) is 11.5. The molecule has 8 heteroatoms. The second-order valence-corrected chi connectivity index (χ2v) is 8.57. The van der Waals surface area contributed by atoms with E-state index in [2.05, 4.69) is 16.1 Å². The standard InChI is InChI=1S/C27H29N5O3/c1-7-34-23-12-10-19(14-24(23)35-8-2)18-9-11-21-20(13-18)26-22(15-28-21)30(5)27(33)32(26)25-16(3)29-31(6)17(25)4/h9-15H,7-8H2,1-6H3. The quantitative estimate of drug-likeness (QED) is 0.359. The lowest BCUT2D eigenvalue weighted by molar-refractivity contribution is 0.288. The molecule has 0 spiro atoms. The number of benzene rings is 2. The number of nitrogens with zero attached hydrogens (tertiary/aromatic N) is 5. The molecule has 0 aliphatic rings. The molecule has 0 amide bonds. The molecule has 5 rings (SSSR count). The van der Waals surface area contributed by atoms with Crippen LogP contribution >= 0.6 is 0 Å². The van der Waals surface area contributed by atoms with Crippen molar-refractivity contribution in [3.63, 3.8) is 0 Å². The third-order valence-corrected chi connectivity index (χ3v) is 6.45. The van der Waals surface area contributed by atoms with E-state index in [1.54, 1.807) is 27.1 Å². The van der Waals surface area contributed by atoms with E-state index in [1.807, 2.05) is 65.1 Å². The minimum Gasteiger partial charge on any atom is -0.490 e. The van der Waals surface area contributed by atoms with Crippen LogP contribution in [0.1, 0.15) is 25.2 Å². The molecule has 0 radical (unpaired) electrons. The van der Waals surface area contributed by atoms with Gasteiger partial charge in [-0.3, -0.25) is 18.8 Å². The summed E-state index contributed by atoms with van der Waals surface area (Å²) in [4.78, 5) is 18.1. The molecule has 0 saturated carbocycles. The van der Waals surface area contributed by atoms with E-state index in [1.165, 1.54) is 0 Å². The highest BCUT2D eigenvalue weighted by atomic mass is 16.5. The fourth-order valence-corrected chi connectivity index (χ4v) is 4.70. The number of imidazole rings is 1. The number of aryl methyl sites for hydroxylation is 3. The third kappa shape index (κ3) is 3.56. The summed E-state index contributed by atoms with van der Waals surface area (Å²) in [6, 6.07) is 12.1. The first kappa shape index (κ1) is 22.7. The van der Waals surface area contributed by atoms with E-state index in [4.69, 9.17) is 9.47 Å². The number of aromatic nitrogens is 5. The fourth-order valence-electron chi connectivity index (χ4n) is 4.70. The number of hydrogen-bond donors (Lipinski definition) is 0. The van der Waals surface area contributed by atoms with Crippen molar-refractivity contribution < 1.29 is 9.47 Å². The van der Waals surface area contributed by atoms with E-state index in [9.17, 15) is 4.79 Å². The predicted molar refractivity (Wildman–Crippen MR) is 138 cm³/mol. The number of ether oxygens (including phenoxy) is 2. The lowest BCUT2D eigenvalue weighted by Gasteiger charge is -2.13. The summed E-state index contributed by atoms with van der Waals surface area (Å²) in [6.07, 6.45) is 1.76. The smallest absolute Gasteiger partial charge is 0.333 e. The summed E-state index contributed by atoms with van der Waals surface area (Å²) >= 11 is 0. The zero-order valence-electron chi connectivity index (χ0n) is 20.9. The average Bonchev–Trinajstić information content (AvgIpc) is 3.25. The SMILES string of the molecule is CCOc1ccc(-c2ccc3ncc4c(c3c2)n(-c2c(C)nn(C)c2C)c(=O)n4C)cc1OCC. The van der Waals surface area contributed by atoms with Crippen molar-refractivity contribution >= 4 is 21.9 Å². The van der Waals surface area contributed by atoms with Crippen molar-refractivity contribution in [3.8, 4) is 28.3 Å². The van der Waals surface area contributed by atoms with Crippen LogP contribution in [-0.4, -0.2) is 37.1 Å². The molecule has 180 valence electrons. The highest BCUT2D eigenvalue weighted by Gasteiger charge is 2.21. The molecule has 0 aliphatic heterocycles. The highest BCUT2D eigenvalue weighted by Crippen LogP contribution is 2.35. The van der Waals surface area contributed by atoms with Crippen LogP contribution in [0.2, 0.25) is 0 Å². The van der Waals surface area contributed by atoms with Gasteiger partial charge in [0.2, 0.25) is 0 Å². The number of pyridine rings is 1. The third-order valence-electron chi connectivity index (χ3n) is 6.45. The summed E-state index contributed by atoms with van der Waals surface area (Å²) in [5.41, 5.74) is 6.80. The summed E-state index contributed by atoms with van der Waals surface area (Å²) in [7, 11) is 3.67. The van der Waals surface area contributed by atoms with Gasteiger partial charge in [-0.15, -0.1) is 0 Å². The summed E-state index contributed by atoms with van der Waals surface area (Å²) in [5.74, 6) is 1.43. The Bertz CT molecular complexity index is 1640. The lowest BCUT2D eigenvalue weighted by Crippen LogP contribution is -2.21. The summed E-state index contributed by atoms with van der Waals surface area (Å²) < 4.78 is 16.8. The Kier molecular flexibility index (Phi) is 5.59. The van der Waals surface area contributed by atoms with E-state index in [0.717, 1.165) is 55.9 Å². The Hall–Kier alpha value is -4.07. The zero-order valence-corrected chi connectivity index (χ0v) is 20.9. The van der Waals surface area contributed by atoms with Gasteiger partial charge in [-0.25, -0.2) is 4.79 Å². The molecule has 0 aliphatic carbocycles. The predicted octanol–water partition coefficient (Wildman–Crippen LogP) is 4.69. The Labute approximate surface area is 203 Å². The van der Waals surface area contributed by atoms with Gasteiger partial charge in [0.25, 0.3) is 0 Å². The number of fused-ring (bicyclic) bond motifs is 3. The van der Waals surface area contributed by atoms with Crippen LogP contribution in [-0.2, 0) is 14.1 Å². The summed E-state index contributed by atoms with van der Waals surface area (Å²) in [6.45, 7) is 8.93. The van der Waals surface area contributed by atoms with Crippen LogP contribution in [0.3, 0.4) is 0 Å². The van der Waals surface area contributed by atoms with Gasteiger partial charge in [0.05, 0.1) is 53.0 Å². The van der Waals surface area contributed by atoms with Crippen molar-refractivity contribution in [2.24, 2.45) is 14.1 Å². The number of rotatable bonds is 6. The van der Waals surface area contributed by atoms with Crippen molar-refractivity contribution in [2.45, 2.75) is 27.7 Å². The van der Waals surface area contributed by atoms with Gasteiger partial charge < -0.3 is 9.47 Å². The molecular weight excluding hydrogens is 442 g/mol. The first-order valence-electron chi connectivity index (χ1n) is 11.8. The van der Waals surface area contributed by atoms with Gasteiger partial charge in [-0.1, -0.05) is 12.1 Å². The van der Waals surface area contributed by atoms with E-state index in [-0.39, 0.29) is 5.69 Å².